The van der Waals surface area contributed by atoms with E-state index in [-0.39, 0.29) is 11.9 Å². The summed E-state index contributed by atoms with van der Waals surface area (Å²) in [6.45, 7) is 4.22. The van der Waals surface area contributed by atoms with Crippen LogP contribution in [-0.4, -0.2) is 25.2 Å². The molecule has 0 unspecified atom stereocenters. The highest BCUT2D eigenvalue weighted by molar-refractivity contribution is 6.21. The number of hydrogen-bond donors (Lipinski definition) is 0. The Morgan fingerprint density at radius 2 is 0.518 bits per heavy atom. The van der Waals surface area contributed by atoms with Crippen molar-refractivity contribution in [1.82, 2.24) is 0 Å². The Morgan fingerprint density at radius 3 is 0.714 bits per heavy atom. The van der Waals surface area contributed by atoms with Gasteiger partial charge in [-0.3, -0.25) is 0 Å². The molecule has 0 spiro atoms. The van der Waals surface area contributed by atoms with Crippen LogP contribution in [0.3, 0.4) is 0 Å². The first-order valence-electron chi connectivity index (χ1n) is 18.8. The second-order valence-corrected chi connectivity index (χ2v) is 13.5. The van der Waals surface area contributed by atoms with Crippen molar-refractivity contribution in [2.75, 3.05) is 13.2 Å². The first-order valence-corrected chi connectivity index (χ1v) is 18.8. The highest BCUT2D eigenvalue weighted by Crippen LogP contribution is 2.37. The maximum absolute atomic E-state index is 13.3. The van der Waals surface area contributed by atoms with Gasteiger partial charge in [-0.2, -0.15) is 0 Å². The molecule has 0 saturated carbocycles. The maximum Gasteiger partial charge on any atom is 0.339 e. The predicted octanol–water partition coefficient (Wildman–Crippen LogP) is 11.8. The standard InChI is InChI=1S/C52H34O4/c1-3-55-51(53)49-45-25-13-9-21-37(45)43(38-22-10-14-26-46(38)49)31-29-41-33-17-5-7-19-35(33)42(36-20-8-6-18-34(36)41)30-32-44-39-23-11-15-27-47(39)50(52(54)56-4-2)48-28-16-12-24-40(44)48/h5-28H,3-4H2,1-2H3. The van der Waals surface area contributed by atoms with E-state index in [1.165, 1.54) is 0 Å². The summed E-state index contributed by atoms with van der Waals surface area (Å²) in [6, 6.07) is 48.2. The van der Waals surface area contributed by atoms with Gasteiger partial charge in [0.05, 0.1) is 24.3 Å². The summed E-state index contributed by atoms with van der Waals surface area (Å²) in [5.74, 6) is 13.7. The quantitative estimate of drug-likeness (QED) is 0.103. The fourth-order valence-electron chi connectivity index (χ4n) is 8.02. The molecule has 0 fully saturated rings. The molecule has 56 heavy (non-hydrogen) atoms. The zero-order chi connectivity index (χ0) is 38.2. The SMILES string of the molecule is CCOC(=O)c1c2ccccc2c(C#Cc2c3ccccc3c(C#Cc3c4ccccc4c(C(=O)OCC)c4ccccc34)c3ccccc23)c2ccccc12. The molecule has 0 aliphatic carbocycles. The largest absolute Gasteiger partial charge is 0.462 e. The Morgan fingerprint density at radius 1 is 0.339 bits per heavy atom. The van der Waals surface area contributed by atoms with Gasteiger partial charge in [0, 0.05) is 22.3 Å². The molecule has 0 aliphatic heterocycles. The molecule has 9 aromatic carbocycles. The smallest absolute Gasteiger partial charge is 0.339 e. The Hall–Kier alpha value is -7.40. The number of carbonyl (C=O) groups excluding carboxylic acids is 2. The molecule has 0 saturated heterocycles. The van der Waals surface area contributed by atoms with Gasteiger partial charge < -0.3 is 9.47 Å². The molecular weight excluding hydrogens is 689 g/mol. The van der Waals surface area contributed by atoms with Gasteiger partial charge in [0.25, 0.3) is 0 Å². The van der Waals surface area contributed by atoms with Crippen LogP contribution in [0.4, 0.5) is 0 Å². The van der Waals surface area contributed by atoms with Gasteiger partial charge in [-0.05, 0) is 78.5 Å². The first-order chi connectivity index (χ1) is 27.6. The van der Waals surface area contributed by atoms with Crippen LogP contribution < -0.4 is 0 Å². The van der Waals surface area contributed by atoms with Crippen LogP contribution in [0.25, 0.3) is 64.6 Å². The van der Waals surface area contributed by atoms with Gasteiger partial charge in [-0.25, -0.2) is 9.59 Å². The average Bonchev–Trinajstić information content (AvgIpc) is 3.24. The van der Waals surface area contributed by atoms with Gasteiger partial charge in [0.15, 0.2) is 0 Å². The first kappa shape index (κ1) is 34.4. The fourth-order valence-corrected chi connectivity index (χ4v) is 8.02. The number of benzene rings is 9. The molecule has 9 rings (SSSR count). The van der Waals surface area contributed by atoms with E-state index in [2.05, 4.69) is 47.9 Å². The zero-order valence-corrected chi connectivity index (χ0v) is 30.9. The summed E-state index contributed by atoms with van der Waals surface area (Å²) in [5, 5.41) is 10.8. The second kappa shape index (κ2) is 14.4. The Kier molecular flexibility index (Phi) is 8.86. The van der Waals surface area contributed by atoms with Crippen LogP contribution in [-0.2, 0) is 9.47 Å². The molecule has 0 aliphatic rings. The monoisotopic (exact) mass is 722 g/mol. The van der Waals surface area contributed by atoms with Gasteiger partial charge in [-0.15, -0.1) is 0 Å². The van der Waals surface area contributed by atoms with Crippen molar-refractivity contribution >= 4 is 76.6 Å². The Balaban J connectivity index is 1.29. The van der Waals surface area contributed by atoms with Crippen LogP contribution >= 0.6 is 0 Å². The molecular formula is C52H34O4. The van der Waals surface area contributed by atoms with Gasteiger partial charge >= 0.3 is 11.9 Å². The fraction of sp³-hybridized carbons (Fsp3) is 0.0769. The van der Waals surface area contributed by atoms with Gasteiger partial charge in [-0.1, -0.05) is 169 Å². The number of carbonyl (C=O) groups is 2. The lowest BCUT2D eigenvalue weighted by Gasteiger charge is -2.14. The zero-order valence-electron chi connectivity index (χ0n) is 30.9. The average molecular weight is 723 g/mol. The molecule has 0 heterocycles. The van der Waals surface area contributed by atoms with Crippen molar-refractivity contribution in [3.05, 3.63) is 179 Å². The highest BCUT2D eigenvalue weighted by Gasteiger charge is 2.21. The van der Waals surface area contributed by atoms with Crippen molar-refractivity contribution in [1.29, 1.82) is 0 Å². The lowest BCUT2D eigenvalue weighted by atomic mass is 9.89. The van der Waals surface area contributed by atoms with E-state index in [1.54, 1.807) is 0 Å². The van der Waals surface area contributed by atoms with Crippen molar-refractivity contribution in [2.24, 2.45) is 0 Å². The van der Waals surface area contributed by atoms with E-state index in [0.29, 0.717) is 24.3 Å². The number of fused-ring (bicyclic) bond motifs is 6. The summed E-state index contributed by atoms with van der Waals surface area (Å²) in [7, 11) is 0. The van der Waals surface area contributed by atoms with E-state index in [0.717, 1.165) is 86.9 Å². The Labute approximate surface area is 324 Å². The predicted molar refractivity (Wildman–Crippen MR) is 228 cm³/mol. The van der Waals surface area contributed by atoms with Crippen LogP contribution in [0.5, 0.6) is 0 Å². The third kappa shape index (κ3) is 5.68. The van der Waals surface area contributed by atoms with Crippen LogP contribution in [0, 0.1) is 23.7 Å². The lowest BCUT2D eigenvalue weighted by Crippen LogP contribution is -2.07. The maximum atomic E-state index is 13.3. The number of rotatable bonds is 4. The van der Waals surface area contributed by atoms with E-state index in [9.17, 15) is 9.59 Å². The van der Waals surface area contributed by atoms with Crippen molar-refractivity contribution in [3.8, 4) is 23.7 Å². The summed E-state index contributed by atoms with van der Waals surface area (Å²) in [5.41, 5.74) is 4.62. The van der Waals surface area contributed by atoms with Crippen molar-refractivity contribution in [2.45, 2.75) is 13.8 Å². The lowest BCUT2D eigenvalue weighted by molar-refractivity contribution is 0.0521. The minimum atomic E-state index is -0.343. The Bertz CT molecular complexity index is 2830. The minimum Gasteiger partial charge on any atom is -0.462 e. The van der Waals surface area contributed by atoms with E-state index in [1.807, 2.05) is 135 Å². The number of ether oxygens (including phenoxy) is 2. The molecule has 0 atom stereocenters. The minimum absolute atomic E-state index is 0.290. The summed E-state index contributed by atoms with van der Waals surface area (Å²) in [4.78, 5) is 26.7. The summed E-state index contributed by atoms with van der Waals surface area (Å²) in [6.07, 6.45) is 0. The molecule has 9 aromatic rings. The molecule has 0 N–H and O–H groups in total. The molecule has 0 amide bonds. The molecule has 0 aromatic heterocycles. The molecule has 266 valence electrons. The highest BCUT2D eigenvalue weighted by atomic mass is 16.5. The van der Waals surface area contributed by atoms with E-state index in [4.69, 9.17) is 9.47 Å². The van der Waals surface area contributed by atoms with Crippen LogP contribution in [0.15, 0.2) is 146 Å². The van der Waals surface area contributed by atoms with Crippen molar-refractivity contribution < 1.29 is 19.1 Å². The van der Waals surface area contributed by atoms with Gasteiger partial charge in [0.1, 0.15) is 0 Å². The van der Waals surface area contributed by atoms with E-state index >= 15 is 0 Å². The molecule has 0 radical (unpaired) electrons. The van der Waals surface area contributed by atoms with Gasteiger partial charge in [0.2, 0.25) is 0 Å². The van der Waals surface area contributed by atoms with Crippen LogP contribution in [0.1, 0.15) is 56.8 Å². The van der Waals surface area contributed by atoms with E-state index < -0.39 is 0 Å². The number of esters is 2. The summed E-state index contributed by atoms with van der Waals surface area (Å²) < 4.78 is 11.1. The van der Waals surface area contributed by atoms with Crippen molar-refractivity contribution in [3.63, 3.8) is 0 Å². The third-order valence-electron chi connectivity index (χ3n) is 10.4. The summed E-state index contributed by atoms with van der Waals surface area (Å²) >= 11 is 0. The molecule has 0 bridgehead atoms. The third-order valence-corrected chi connectivity index (χ3v) is 10.4. The second-order valence-electron chi connectivity index (χ2n) is 13.5. The topological polar surface area (TPSA) is 52.6 Å². The molecule has 4 heteroatoms. The molecule has 4 nitrogen and oxygen atoms in total. The normalized spacial score (nSPS) is 11.0. The van der Waals surface area contributed by atoms with Crippen LogP contribution in [0.2, 0.25) is 0 Å². The number of hydrogen-bond acceptors (Lipinski definition) is 4.